The van der Waals surface area contributed by atoms with E-state index in [0.29, 0.717) is 18.7 Å². The second-order valence-electron chi connectivity index (χ2n) is 2.78. The van der Waals surface area contributed by atoms with Crippen molar-refractivity contribution in [3.8, 4) is 0 Å². The predicted molar refractivity (Wildman–Crippen MR) is 45.0 cm³/mol. The standard InChI is InChI=1S/C8H9N3O2/c12-8-2-1-3-11(8)10-4-7-5-13-6-9-7/h4-6H,1-3H2/b10-4+. The number of aromatic nitrogens is 1. The van der Waals surface area contributed by atoms with E-state index in [-0.39, 0.29) is 5.91 Å². The van der Waals surface area contributed by atoms with Gasteiger partial charge in [-0.1, -0.05) is 0 Å². The lowest BCUT2D eigenvalue weighted by atomic mass is 10.4. The summed E-state index contributed by atoms with van der Waals surface area (Å²) in [7, 11) is 0. The third-order valence-electron chi connectivity index (χ3n) is 1.83. The van der Waals surface area contributed by atoms with Crippen molar-refractivity contribution in [1.29, 1.82) is 0 Å². The van der Waals surface area contributed by atoms with Gasteiger partial charge in [0.25, 0.3) is 0 Å². The summed E-state index contributed by atoms with van der Waals surface area (Å²) in [6.45, 7) is 0.702. The Bertz CT molecular complexity index is 318. The normalized spacial score (nSPS) is 17.5. The molecule has 0 unspecified atom stereocenters. The summed E-state index contributed by atoms with van der Waals surface area (Å²) in [5, 5.41) is 5.44. The van der Waals surface area contributed by atoms with Crippen LogP contribution in [0.1, 0.15) is 18.5 Å². The monoisotopic (exact) mass is 179 g/mol. The van der Waals surface area contributed by atoms with Crippen LogP contribution in [0.25, 0.3) is 0 Å². The Kier molecular flexibility index (Phi) is 2.08. The van der Waals surface area contributed by atoms with E-state index in [1.54, 1.807) is 0 Å². The van der Waals surface area contributed by atoms with Crippen LogP contribution in [0.4, 0.5) is 0 Å². The number of rotatable bonds is 2. The first-order valence-electron chi connectivity index (χ1n) is 4.09. The maximum absolute atomic E-state index is 11.1. The van der Waals surface area contributed by atoms with Gasteiger partial charge in [-0.3, -0.25) is 4.79 Å². The van der Waals surface area contributed by atoms with Crippen LogP contribution in [0.5, 0.6) is 0 Å². The minimum Gasteiger partial charge on any atom is -0.451 e. The molecule has 5 heteroatoms. The van der Waals surface area contributed by atoms with E-state index >= 15 is 0 Å². The molecule has 0 bridgehead atoms. The summed E-state index contributed by atoms with van der Waals surface area (Å²) < 4.78 is 4.75. The summed E-state index contributed by atoms with van der Waals surface area (Å²) in [6.07, 6.45) is 5.80. The maximum Gasteiger partial charge on any atom is 0.242 e. The zero-order valence-corrected chi connectivity index (χ0v) is 7.01. The van der Waals surface area contributed by atoms with E-state index in [2.05, 4.69) is 10.1 Å². The molecule has 1 saturated heterocycles. The Morgan fingerprint density at radius 1 is 1.69 bits per heavy atom. The Balaban J connectivity index is 2.01. The molecule has 0 saturated carbocycles. The number of nitrogens with zero attached hydrogens (tertiary/aromatic N) is 3. The molecule has 2 rings (SSSR count). The molecule has 1 aliphatic rings. The summed E-state index contributed by atoms with van der Waals surface area (Å²) in [5.41, 5.74) is 0.625. The van der Waals surface area contributed by atoms with Crippen molar-refractivity contribution in [3.63, 3.8) is 0 Å². The van der Waals surface area contributed by atoms with Crippen LogP contribution in [0, 0.1) is 0 Å². The molecule has 1 aromatic rings. The highest BCUT2D eigenvalue weighted by Crippen LogP contribution is 2.09. The van der Waals surface area contributed by atoms with E-state index in [1.165, 1.54) is 23.9 Å². The van der Waals surface area contributed by atoms with E-state index in [9.17, 15) is 4.79 Å². The molecule has 0 N–H and O–H groups in total. The van der Waals surface area contributed by atoms with E-state index in [0.717, 1.165) is 6.42 Å². The van der Waals surface area contributed by atoms with Crippen LogP contribution >= 0.6 is 0 Å². The van der Waals surface area contributed by atoms with Gasteiger partial charge >= 0.3 is 0 Å². The highest BCUT2D eigenvalue weighted by atomic mass is 16.3. The first-order valence-corrected chi connectivity index (χ1v) is 4.09. The zero-order chi connectivity index (χ0) is 9.10. The van der Waals surface area contributed by atoms with Gasteiger partial charge in [0.15, 0.2) is 6.39 Å². The lowest BCUT2D eigenvalue weighted by molar-refractivity contribution is -0.127. The van der Waals surface area contributed by atoms with Crippen molar-refractivity contribution in [2.75, 3.05) is 6.54 Å². The second kappa shape index (κ2) is 3.38. The highest BCUT2D eigenvalue weighted by Gasteiger charge is 2.18. The van der Waals surface area contributed by atoms with Gasteiger partial charge < -0.3 is 4.42 Å². The number of carbonyl (C=O) groups excluding carboxylic acids is 1. The van der Waals surface area contributed by atoms with Gasteiger partial charge in [-0.25, -0.2) is 9.99 Å². The Morgan fingerprint density at radius 2 is 2.62 bits per heavy atom. The van der Waals surface area contributed by atoms with Gasteiger partial charge in [-0.2, -0.15) is 5.10 Å². The largest absolute Gasteiger partial charge is 0.451 e. The summed E-state index contributed by atoms with van der Waals surface area (Å²) >= 11 is 0. The molecule has 1 fully saturated rings. The average molecular weight is 179 g/mol. The predicted octanol–water partition coefficient (Wildman–Crippen LogP) is 0.631. The second-order valence-corrected chi connectivity index (χ2v) is 2.78. The van der Waals surface area contributed by atoms with Gasteiger partial charge in [0.1, 0.15) is 12.0 Å². The molecule has 0 atom stereocenters. The zero-order valence-electron chi connectivity index (χ0n) is 7.01. The summed E-state index contributed by atoms with van der Waals surface area (Å²) in [5.74, 6) is 0.0692. The summed E-state index contributed by atoms with van der Waals surface area (Å²) in [4.78, 5) is 15.0. The van der Waals surface area contributed by atoms with Gasteiger partial charge in [0, 0.05) is 13.0 Å². The van der Waals surface area contributed by atoms with Crippen LogP contribution in [-0.2, 0) is 4.79 Å². The first kappa shape index (κ1) is 7.97. The molecular formula is C8H9N3O2. The van der Waals surface area contributed by atoms with Crippen molar-refractivity contribution in [1.82, 2.24) is 9.99 Å². The molecule has 1 amide bonds. The highest BCUT2D eigenvalue weighted by molar-refractivity contribution is 5.81. The quantitative estimate of drug-likeness (QED) is 0.625. The van der Waals surface area contributed by atoms with Gasteiger partial charge in [0.2, 0.25) is 5.91 Å². The molecule has 13 heavy (non-hydrogen) atoms. The van der Waals surface area contributed by atoms with Gasteiger partial charge in [0.05, 0.1) is 6.21 Å². The fraction of sp³-hybridized carbons (Fsp3) is 0.375. The number of hydrogen-bond acceptors (Lipinski definition) is 4. The van der Waals surface area contributed by atoms with E-state index in [1.807, 2.05) is 0 Å². The molecule has 1 aromatic heterocycles. The number of carbonyl (C=O) groups is 1. The molecule has 0 aromatic carbocycles. The van der Waals surface area contributed by atoms with Crippen LogP contribution in [0.2, 0.25) is 0 Å². The molecule has 2 heterocycles. The molecular weight excluding hydrogens is 170 g/mol. The molecule has 0 radical (unpaired) electrons. The molecule has 68 valence electrons. The first-order chi connectivity index (χ1) is 6.36. The van der Waals surface area contributed by atoms with Crippen LogP contribution in [-0.4, -0.2) is 28.7 Å². The minimum atomic E-state index is 0.0692. The fourth-order valence-electron chi connectivity index (χ4n) is 1.17. The topological polar surface area (TPSA) is 58.7 Å². The third-order valence-corrected chi connectivity index (χ3v) is 1.83. The number of hydrazone groups is 1. The number of amides is 1. The molecule has 1 aliphatic heterocycles. The fourth-order valence-corrected chi connectivity index (χ4v) is 1.17. The van der Waals surface area contributed by atoms with Crippen LogP contribution < -0.4 is 0 Å². The lowest BCUT2D eigenvalue weighted by Crippen LogP contribution is -2.17. The smallest absolute Gasteiger partial charge is 0.242 e. The minimum absolute atomic E-state index is 0.0692. The van der Waals surface area contributed by atoms with Gasteiger partial charge in [-0.05, 0) is 6.42 Å². The average Bonchev–Trinajstić information content (AvgIpc) is 2.72. The summed E-state index contributed by atoms with van der Waals surface area (Å²) in [6, 6.07) is 0. The lowest BCUT2D eigenvalue weighted by Gasteiger charge is -2.05. The number of oxazole rings is 1. The molecule has 5 nitrogen and oxygen atoms in total. The number of hydrogen-bond donors (Lipinski definition) is 0. The Hall–Kier alpha value is -1.65. The van der Waals surface area contributed by atoms with Crippen LogP contribution in [0.15, 0.2) is 22.2 Å². The maximum atomic E-state index is 11.1. The van der Waals surface area contributed by atoms with Crippen molar-refractivity contribution >= 4 is 12.1 Å². The van der Waals surface area contributed by atoms with E-state index < -0.39 is 0 Å². The van der Waals surface area contributed by atoms with Gasteiger partial charge in [-0.15, -0.1) is 0 Å². The van der Waals surface area contributed by atoms with Crippen molar-refractivity contribution in [2.24, 2.45) is 5.10 Å². The van der Waals surface area contributed by atoms with Crippen molar-refractivity contribution in [2.45, 2.75) is 12.8 Å². The van der Waals surface area contributed by atoms with Crippen molar-refractivity contribution in [3.05, 3.63) is 18.4 Å². The van der Waals surface area contributed by atoms with Crippen molar-refractivity contribution < 1.29 is 9.21 Å². The molecule has 0 aliphatic carbocycles. The SMILES string of the molecule is O=C1CCCN1/N=C/c1cocn1. The Morgan fingerprint density at radius 3 is 3.23 bits per heavy atom. The Labute approximate surface area is 75.1 Å². The van der Waals surface area contributed by atoms with Crippen LogP contribution in [0.3, 0.4) is 0 Å². The molecule has 0 spiro atoms. The van der Waals surface area contributed by atoms with E-state index in [4.69, 9.17) is 4.42 Å². The third kappa shape index (κ3) is 1.74.